The van der Waals surface area contributed by atoms with E-state index in [0.29, 0.717) is 22.2 Å². The lowest BCUT2D eigenvalue weighted by Gasteiger charge is -2.23. The Hall–Kier alpha value is -0.590. The summed E-state index contributed by atoms with van der Waals surface area (Å²) in [6.45, 7) is 0.576. The monoisotopic (exact) mass is 375 g/mol. The highest BCUT2D eigenvalue weighted by Gasteiger charge is 2.35. The van der Waals surface area contributed by atoms with Crippen LogP contribution in [0.3, 0.4) is 0 Å². The predicted octanol–water partition coefficient (Wildman–Crippen LogP) is 4.72. The summed E-state index contributed by atoms with van der Waals surface area (Å²) in [7, 11) is -3.38. The zero-order valence-electron chi connectivity index (χ0n) is 11.7. The summed E-state index contributed by atoms with van der Waals surface area (Å²) < 4.78 is 27.1. The van der Waals surface area contributed by atoms with Gasteiger partial charge in [0.05, 0.1) is 21.8 Å². The van der Waals surface area contributed by atoms with E-state index in [9.17, 15) is 8.42 Å². The van der Waals surface area contributed by atoms with Crippen molar-refractivity contribution in [1.82, 2.24) is 4.31 Å². The molecule has 0 radical (unpaired) electrons. The average molecular weight is 376 g/mol. The summed E-state index contributed by atoms with van der Waals surface area (Å²) in [6, 6.07) is 8.90. The summed E-state index contributed by atoms with van der Waals surface area (Å²) in [4.78, 5) is 1.11. The van der Waals surface area contributed by atoms with Gasteiger partial charge in [0.1, 0.15) is 0 Å². The molecule has 1 aliphatic rings. The molecule has 2 heterocycles. The summed E-state index contributed by atoms with van der Waals surface area (Å²) in [5, 5.41) is 2.79. The molecule has 0 N–H and O–H groups in total. The highest BCUT2D eigenvalue weighted by atomic mass is 35.5. The maximum atomic E-state index is 12.8. The fourth-order valence-corrected chi connectivity index (χ4v) is 5.80. The largest absolute Gasteiger partial charge is 0.218 e. The van der Waals surface area contributed by atoms with Crippen LogP contribution in [0, 0.1) is 0 Å². The Morgan fingerprint density at radius 3 is 2.73 bits per heavy atom. The summed E-state index contributed by atoms with van der Waals surface area (Å²) in [5.41, 5.74) is 0.659. The van der Waals surface area contributed by atoms with Gasteiger partial charge in [-0.05, 0) is 42.0 Å². The molecule has 0 bridgehead atoms. The van der Waals surface area contributed by atoms with Crippen molar-refractivity contribution < 1.29 is 8.42 Å². The third-order valence-electron chi connectivity index (χ3n) is 3.77. The van der Waals surface area contributed by atoms with E-state index in [0.717, 1.165) is 17.7 Å². The summed E-state index contributed by atoms with van der Waals surface area (Å²) >= 11 is 13.5. The molecule has 7 heteroatoms. The van der Waals surface area contributed by atoms with Crippen LogP contribution in [0.4, 0.5) is 0 Å². The normalized spacial score (nSPS) is 19.6. The highest BCUT2D eigenvalue weighted by Crippen LogP contribution is 2.37. The second-order valence-electron chi connectivity index (χ2n) is 5.29. The van der Waals surface area contributed by atoms with Crippen molar-refractivity contribution in [2.24, 2.45) is 0 Å². The number of rotatable bonds is 4. The van der Waals surface area contributed by atoms with Crippen LogP contribution >= 0.6 is 34.5 Å². The number of sulfonamides is 1. The minimum atomic E-state index is -3.38. The molecule has 22 heavy (non-hydrogen) atoms. The number of hydrogen-bond donors (Lipinski definition) is 0. The molecule has 1 aromatic heterocycles. The van der Waals surface area contributed by atoms with E-state index >= 15 is 0 Å². The van der Waals surface area contributed by atoms with Gasteiger partial charge in [-0.1, -0.05) is 35.3 Å². The Morgan fingerprint density at radius 2 is 2.05 bits per heavy atom. The van der Waals surface area contributed by atoms with Crippen molar-refractivity contribution in [2.75, 3.05) is 6.54 Å². The first-order valence-electron chi connectivity index (χ1n) is 6.94. The van der Waals surface area contributed by atoms with Gasteiger partial charge in [-0.15, -0.1) is 11.3 Å². The van der Waals surface area contributed by atoms with Crippen LogP contribution in [0.1, 0.15) is 29.3 Å². The summed E-state index contributed by atoms with van der Waals surface area (Å²) in [6.07, 6.45) is 1.77. The SMILES string of the molecule is O=S(=O)(Cc1ccc(Cl)c(Cl)c1)N1CCCC1c1cccs1. The maximum absolute atomic E-state index is 12.8. The van der Waals surface area contributed by atoms with Gasteiger partial charge in [0, 0.05) is 11.4 Å². The molecule has 1 fully saturated rings. The molecule has 3 rings (SSSR count). The molecule has 1 saturated heterocycles. The minimum Gasteiger partial charge on any atom is -0.212 e. The Kier molecular flexibility index (Phi) is 4.80. The van der Waals surface area contributed by atoms with Crippen LogP contribution in [0.15, 0.2) is 35.7 Å². The van der Waals surface area contributed by atoms with E-state index in [2.05, 4.69) is 0 Å². The van der Waals surface area contributed by atoms with Crippen molar-refractivity contribution in [2.45, 2.75) is 24.6 Å². The van der Waals surface area contributed by atoms with Gasteiger partial charge in [0.15, 0.2) is 0 Å². The quantitative estimate of drug-likeness (QED) is 0.774. The average Bonchev–Trinajstić information content (AvgIpc) is 3.12. The van der Waals surface area contributed by atoms with Crippen molar-refractivity contribution >= 4 is 44.6 Å². The van der Waals surface area contributed by atoms with Gasteiger partial charge in [-0.3, -0.25) is 0 Å². The lowest BCUT2D eigenvalue weighted by Crippen LogP contribution is -2.31. The second-order valence-corrected chi connectivity index (χ2v) is 9.00. The standard InChI is InChI=1S/C15H15Cl2NO2S2/c16-12-6-5-11(9-13(12)17)10-22(19,20)18-7-1-3-14(18)15-4-2-8-21-15/h2,4-6,8-9,14H,1,3,7,10H2. The van der Waals surface area contributed by atoms with Gasteiger partial charge in [-0.2, -0.15) is 4.31 Å². The topological polar surface area (TPSA) is 37.4 Å². The smallest absolute Gasteiger partial charge is 0.212 e. The highest BCUT2D eigenvalue weighted by molar-refractivity contribution is 7.88. The van der Waals surface area contributed by atoms with E-state index in [1.54, 1.807) is 33.8 Å². The molecule has 3 nitrogen and oxygen atoms in total. The Balaban J connectivity index is 1.84. The second kappa shape index (κ2) is 6.49. The lowest BCUT2D eigenvalue weighted by atomic mass is 10.2. The van der Waals surface area contributed by atoms with E-state index in [1.165, 1.54) is 0 Å². The molecule has 1 atom stereocenters. The van der Waals surface area contributed by atoms with E-state index in [4.69, 9.17) is 23.2 Å². The van der Waals surface area contributed by atoms with Gasteiger partial charge >= 0.3 is 0 Å². The number of nitrogens with zero attached hydrogens (tertiary/aromatic N) is 1. The fourth-order valence-electron chi connectivity index (χ4n) is 2.76. The third kappa shape index (κ3) is 3.34. The molecule has 118 valence electrons. The number of halogens is 2. The van der Waals surface area contributed by atoms with Crippen LogP contribution in [0.2, 0.25) is 10.0 Å². The first-order chi connectivity index (χ1) is 10.5. The number of benzene rings is 1. The minimum absolute atomic E-state index is 0.0345. The lowest BCUT2D eigenvalue weighted by molar-refractivity contribution is 0.400. The van der Waals surface area contributed by atoms with Crippen LogP contribution < -0.4 is 0 Å². The maximum Gasteiger partial charge on any atom is 0.218 e. The number of hydrogen-bond acceptors (Lipinski definition) is 3. The van der Waals surface area contributed by atoms with E-state index in [1.807, 2.05) is 17.5 Å². The third-order valence-corrected chi connectivity index (χ3v) is 7.33. The fraction of sp³-hybridized carbons (Fsp3) is 0.333. The first-order valence-corrected chi connectivity index (χ1v) is 10.2. The van der Waals surface area contributed by atoms with Crippen molar-refractivity contribution in [1.29, 1.82) is 0 Å². The Morgan fingerprint density at radius 1 is 1.23 bits per heavy atom. The van der Waals surface area contributed by atoms with Crippen LogP contribution in [-0.2, 0) is 15.8 Å². The molecular weight excluding hydrogens is 361 g/mol. The predicted molar refractivity (Wildman–Crippen MR) is 92.1 cm³/mol. The molecule has 0 amide bonds. The van der Waals surface area contributed by atoms with Gasteiger partial charge in [0.25, 0.3) is 0 Å². The molecule has 2 aromatic rings. The molecule has 1 aliphatic heterocycles. The molecule has 1 unspecified atom stereocenters. The van der Waals surface area contributed by atoms with E-state index < -0.39 is 10.0 Å². The number of thiophene rings is 1. The summed E-state index contributed by atoms with van der Waals surface area (Å²) in [5.74, 6) is -0.0498. The van der Waals surface area contributed by atoms with Crippen LogP contribution in [0.25, 0.3) is 0 Å². The zero-order chi connectivity index (χ0) is 15.7. The molecule has 0 spiro atoms. The Bertz CT molecular complexity index is 760. The molecule has 0 saturated carbocycles. The van der Waals surface area contributed by atoms with E-state index in [-0.39, 0.29) is 11.8 Å². The molecular formula is C15H15Cl2NO2S2. The zero-order valence-corrected chi connectivity index (χ0v) is 14.9. The van der Waals surface area contributed by atoms with Crippen LogP contribution in [0.5, 0.6) is 0 Å². The molecule has 1 aromatic carbocycles. The van der Waals surface area contributed by atoms with Gasteiger partial charge in [-0.25, -0.2) is 8.42 Å². The van der Waals surface area contributed by atoms with Crippen molar-refractivity contribution in [3.05, 3.63) is 56.2 Å². The van der Waals surface area contributed by atoms with Gasteiger partial charge in [0.2, 0.25) is 10.0 Å². The van der Waals surface area contributed by atoms with Gasteiger partial charge < -0.3 is 0 Å². The molecule has 0 aliphatic carbocycles. The first kappa shape index (κ1) is 16.3. The van der Waals surface area contributed by atoms with Crippen LogP contribution in [-0.4, -0.2) is 19.3 Å². The Labute approximate surface area is 144 Å². The van der Waals surface area contributed by atoms with Crippen molar-refractivity contribution in [3.63, 3.8) is 0 Å². The van der Waals surface area contributed by atoms with Crippen molar-refractivity contribution in [3.8, 4) is 0 Å².